The van der Waals surface area contributed by atoms with Crippen LogP contribution in [0.5, 0.6) is 0 Å². The lowest BCUT2D eigenvalue weighted by molar-refractivity contribution is -0.143. The molecule has 0 heterocycles. The fourth-order valence-corrected chi connectivity index (χ4v) is 1.68. The van der Waals surface area contributed by atoms with Crippen LogP contribution in [0.1, 0.15) is 19.8 Å². The molecule has 1 unspecified atom stereocenters. The number of hydrogen-bond acceptors (Lipinski definition) is 4. The molecule has 0 aromatic carbocycles. The van der Waals surface area contributed by atoms with Gasteiger partial charge in [-0.1, -0.05) is 0 Å². The molecule has 7 heteroatoms. The van der Waals surface area contributed by atoms with Crippen molar-refractivity contribution in [3.8, 4) is 0 Å². The minimum absolute atomic E-state index is 0.00102. The Morgan fingerprint density at radius 1 is 1.44 bits per heavy atom. The van der Waals surface area contributed by atoms with Gasteiger partial charge in [0.1, 0.15) is 5.25 Å². The van der Waals surface area contributed by atoms with Crippen LogP contribution < -0.4 is 5.32 Å². The Labute approximate surface area is 93.9 Å². The molecule has 0 bridgehead atoms. The lowest BCUT2D eigenvalue weighted by Crippen LogP contribution is -2.41. The highest BCUT2D eigenvalue weighted by molar-refractivity contribution is 7.92. The Hall–Kier alpha value is -1.11. The van der Waals surface area contributed by atoms with Crippen LogP contribution in [0.15, 0.2) is 0 Å². The second-order valence-electron chi connectivity index (χ2n) is 4.28. The van der Waals surface area contributed by atoms with Crippen LogP contribution in [-0.4, -0.2) is 43.5 Å². The van der Waals surface area contributed by atoms with Crippen molar-refractivity contribution in [2.24, 2.45) is 5.41 Å². The Balaban J connectivity index is 2.51. The van der Waals surface area contributed by atoms with Crippen LogP contribution in [0.4, 0.5) is 0 Å². The first kappa shape index (κ1) is 13.0. The third kappa shape index (κ3) is 2.72. The van der Waals surface area contributed by atoms with Crippen molar-refractivity contribution >= 4 is 21.7 Å². The minimum Gasteiger partial charge on any atom is -0.481 e. The van der Waals surface area contributed by atoms with Gasteiger partial charge in [0.25, 0.3) is 0 Å². The lowest BCUT2D eigenvalue weighted by Gasteiger charge is -2.13. The molecule has 1 aliphatic rings. The van der Waals surface area contributed by atoms with Gasteiger partial charge < -0.3 is 10.4 Å². The maximum Gasteiger partial charge on any atom is 0.311 e. The Kier molecular flexibility index (Phi) is 3.27. The molecule has 1 fully saturated rings. The van der Waals surface area contributed by atoms with Gasteiger partial charge in [0.2, 0.25) is 5.91 Å². The van der Waals surface area contributed by atoms with E-state index in [1.54, 1.807) is 0 Å². The molecule has 0 aromatic heterocycles. The lowest BCUT2D eigenvalue weighted by atomic mass is 10.1. The molecule has 1 atom stereocenters. The second kappa shape index (κ2) is 4.04. The summed E-state index contributed by atoms with van der Waals surface area (Å²) in [6.07, 6.45) is 2.02. The van der Waals surface area contributed by atoms with E-state index in [4.69, 9.17) is 5.11 Å². The van der Waals surface area contributed by atoms with Crippen molar-refractivity contribution in [3.05, 3.63) is 0 Å². The normalized spacial score (nSPS) is 19.9. The number of nitrogens with one attached hydrogen (secondary N) is 1. The summed E-state index contributed by atoms with van der Waals surface area (Å²) in [5.41, 5.74) is -0.868. The number of carboxylic acid groups (broad SMARTS) is 1. The molecule has 1 aliphatic carbocycles. The molecule has 0 spiro atoms. The van der Waals surface area contributed by atoms with Gasteiger partial charge in [0, 0.05) is 12.8 Å². The zero-order valence-corrected chi connectivity index (χ0v) is 10.0. The summed E-state index contributed by atoms with van der Waals surface area (Å²) in [6, 6.07) is 0. The Morgan fingerprint density at radius 2 is 1.94 bits per heavy atom. The van der Waals surface area contributed by atoms with Gasteiger partial charge in [-0.2, -0.15) is 0 Å². The third-order valence-electron chi connectivity index (χ3n) is 2.92. The maximum atomic E-state index is 11.4. The molecule has 0 aromatic rings. The smallest absolute Gasteiger partial charge is 0.311 e. The van der Waals surface area contributed by atoms with Gasteiger partial charge >= 0.3 is 5.97 Å². The summed E-state index contributed by atoms with van der Waals surface area (Å²) < 4.78 is 22.1. The monoisotopic (exact) mass is 249 g/mol. The van der Waals surface area contributed by atoms with Gasteiger partial charge in [0.05, 0.1) is 5.41 Å². The zero-order chi connectivity index (χ0) is 12.6. The zero-order valence-electron chi connectivity index (χ0n) is 9.19. The molecule has 92 valence electrons. The van der Waals surface area contributed by atoms with E-state index >= 15 is 0 Å². The van der Waals surface area contributed by atoms with E-state index < -0.39 is 32.4 Å². The number of aliphatic carboxylic acids is 1. The number of sulfone groups is 1. The van der Waals surface area contributed by atoms with E-state index in [2.05, 4.69) is 5.32 Å². The van der Waals surface area contributed by atoms with E-state index in [1.165, 1.54) is 6.92 Å². The molecule has 1 saturated carbocycles. The van der Waals surface area contributed by atoms with Crippen LogP contribution >= 0.6 is 0 Å². The number of rotatable bonds is 5. The molecular weight excluding hydrogens is 234 g/mol. The summed E-state index contributed by atoms with van der Waals surface area (Å²) in [5.74, 6) is -1.59. The van der Waals surface area contributed by atoms with Crippen molar-refractivity contribution in [1.82, 2.24) is 5.32 Å². The van der Waals surface area contributed by atoms with E-state index in [9.17, 15) is 18.0 Å². The molecule has 0 aliphatic heterocycles. The summed E-state index contributed by atoms with van der Waals surface area (Å²) in [6.45, 7) is 1.28. The number of carbonyl (C=O) groups is 2. The van der Waals surface area contributed by atoms with Crippen molar-refractivity contribution < 1.29 is 23.1 Å². The molecular formula is C9H15NO5S. The maximum absolute atomic E-state index is 11.4. The second-order valence-corrected chi connectivity index (χ2v) is 6.64. The number of amides is 1. The first-order valence-corrected chi connectivity index (χ1v) is 6.84. The van der Waals surface area contributed by atoms with Crippen molar-refractivity contribution in [1.29, 1.82) is 0 Å². The van der Waals surface area contributed by atoms with Crippen molar-refractivity contribution in [2.45, 2.75) is 25.0 Å². The van der Waals surface area contributed by atoms with Crippen LogP contribution in [0.2, 0.25) is 0 Å². The van der Waals surface area contributed by atoms with Gasteiger partial charge in [-0.15, -0.1) is 0 Å². The first-order valence-electron chi connectivity index (χ1n) is 4.89. The van der Waals surface area contributed by atoms with Gasteiger partial charge in [-0.05, 0) is 19.8 Å². The fraction of sp³-hybridized carbons (Fsp3) is 0.778. The molecule has 1 rings (SSSR count). The highest BCUT2D eigenvalue weighted by Crippen LogP contribution is 2.45. The summed E-state index contributed by atoms with van der Waals surface area (Å²) in [4.78, 5) is 22.2. The Bertz CT molecular complexity index is 410. The van der Waals surface area contributed by atoms with E-state index in [-0.39, 0.29) is 6.54 Å². The van der Waals surface area contributed by atoms with Crippen LogP contribution in [-0.2, 0) is 19.4 Å². The molecule has 1 amide bonds. The average Bonchev–Trinajstić information content (AvgIpc) is 2.92. The van der Waals surface area contributed by atoms with Gasteiger partial charge in [-0.3, -0.25) is 9.59 Å². The Morgan fingerprint density at radius 3 is 2.25 bits per heavy atom. The molecule has 0 saturated heterocycles. The quantitative estimate of drug-likeness (QED) is 0.677. The largest absolute Gasteiger partial charge is 0.481 e. The van der Waals surface area contributed by atoms with Crippen molar-refractivity contribution in [2.75, 3.05) is 12.8 Å². The summed E-state index contributed by atoms with van der Waals surface area (Å²) in [7, 11) is -3.43. The van der Waals surface area contributed by atoms with E-state index in [0.717, 1.165) is 6.26 Å². The van der Waals surface area contributed by atoms with E-state index in [1.807, 2.05) is 0 Å². The highest BCUT2D eigenvalue weighted by Gasteiger charge is 2.50. The van der Waals surface area contributed by atoms with Crippen LogP contribution in [0.25, 0.3) is 0 Å². The number of hydrogen-bond donors (Lipinski definition) is 2. The summed E-state index contributed by atoms with van der Waals surface area (Å²) in [5, 5.41) is 10.1. The number of carboxylic acids is 1. The highest BCUT2D eigenvalue weighted by atomic mass is 32.2. The summed E-state index contributed by atoms with van der Waals surface area (Å²) >= 11 is 0. The van der Waals surface area contributed by atoms with E-state index in [0.29, 0.717) is 12.8 Å². The average molecular weight is 249 g/mol. The van der Waals surface area contributed by atoms with Crippen LogP contribution in [0, 0.1) is 5.41 Å². The molecule has 16 heavy (non-hydrogen) atoms. The molecule has 2 N–H and O–H groups in total. The fourth-order valence-electron chi connectivity index (χ4n) is 1.21. The predicted molar refractivity (Wildman–Crippen MR) is 56.6 cm³/mol. The standard InChI is InChI=1S/C9H15NO5S/c1-6(16(2,14)15)7(11)10-5-9(3-4-9)8(12)13/h6H,3-5H2,1-2H3,(H,10,11)(H,12,13). The molecule has 0 radical (unpaired) electrons. The third-order valence-corrected chi connectivity index (χ3v) is 4.42. The van der Waals surface area contributed by atoms with Crippen LogP contribution in [0.3, 0.4) is 0 Å². The SMILES string of the molecule is CC(C(=O)NCC1(C(=O)O)CC1)S(C)(=O)=O. The van der Waals surface area contributed by atoms with Crippen molar-refractivity contribution in [3.63, 3.8) is 0 Å². The van der Waals surface area contributed by atoms with Gasteiger partial charge in [0.15, 0.2) is 9.84 Å². The first-order chi connectivity index (χ1) is 7.19. The number of carbonyl (C=O) groups excluding carboxylic acids is 1. The predicted octanol–water partition coefficient (Wildman–Crippen LogP) is -0.599. The van der Waals surface area contributed by atoms with Gasteiger partial charge in [-0.25, -0.2) is 8.42 Å². The minimum atomic E-state index is -3.43. The molecule has 6 nitrogen and oxygen atoms in total. The topological polar surface area (TPSA) is 101 Å².